The third-order valence-corrected chi connectivity index (χ3v) is 11.9. The van der Waals surface area contributed by atoms with Crippen LogP contribution in [0.5, 0.6) is 0 Å². The predicted molar refractivity (Wildman–Crippen MR) is 109 cm³/mol. The zero-order valence-electron chi connectivity index (χ0n) is 16.6. The first kappa shape index (κ1) is 20.5. The predicted octanol–water partition coefficient (Wildman–Crippen LogP) is 8.00. The molecule has 1 aliphatic carbocycles. The molecule has 0 aromatic carbocycles. The van der Waals surface area contributed by atoms with Crippen LogP contribution in [0.15, 0.2) is 0 Å². The van der Waals surface area contributed by atoms with E-state index in [0.717, 1.165) is 12.1 Å². The van der Waals surface area contributed by atoms with E-state index in [9.17, 15) is 0 Å². The van der Waals surface area contributed by atoms with E-state index in [1.807, 2.05) is 0 Å². The molecular weight excluding hydrogens is 308 g/mol. The third kappa shape index (κ3) is 7.20. The highest BCUT2D eigenvalue weighted by molar-refractivity contribution is 6.75. The fourth-order valence-corrected chi connectivity index (χ4v) is 10.4. The molecular formula is C22H44OSi. The molecule has 0 aromatic rings. The Morgan fingerprint density at radius 2 is 1.33 bits per heavy atom. The first-order chi connectivity index (χ1) is 11.9. The van der Waals surface area contributed by atoms with Crippen molar-refractivity contribution in [3.63, 3.8) is 0 Å². The van der Waals surface area contributed by atoms with Crippen LogP contribution >= 0.6 is 0 Å². The highest BCUT2D eigenvalue weighted by atomic mass is 28.4. The van der Waals surface area contributed by atoms with Gasteiger partial charge >= 0.3 is 0 Å². The highest BCUT2D eigenvalue weighted by Crippen LogP contribution is 2.45. The maximum absolute atomic E-state index is 6.63. The lowest BCUT2D eigenvalue weighted by Crippen LogP contribution is -2.46. The van der Waals surface area contributed by atoms with E-state index in [0.29, 0.717) is 0 Å². The number of unbranched alkanes of at least 4 members (excludes halogenated alkanes) is 9. The fraction of sp³-hybridized carbons (Fsp3) is 1.00. The molecule has 2 aliphatic rings. The van der Waals surface area contributed by atoms with Crippen molar-refractivity contribution in [2.75, 3.05) is 6.61 Å². The van der Waals surface area contributed by atoms with Crippen LogP contribution in [0.25, 0.3) is 0 Å². The lowest BCUT2D eigenvalue weighted by Gasteiger charge is -2.43. The first-order valence-corrected chi connectivity index (χ1v) is 13.9. The van der Waals surface area contributed by atoms with Gasteiger partial charge < -0.3 is 4.43 Å². The van der Waals surface area contributed by atoms with Gasteiger partial charge in [0.1, 0.15) is 0 Å². The Bertz CT molecular complexity index is 292. The molecule has 1 aliphatic heterocycles. The van der Waals surface area contributed by atoms with Gasteiger partial charge in [0.05, 0.1) is 0 Å². The van der Waals surface area contributed by atoms with E-state index in [4.69, 9.17) is 4.43 Å². The minimum Gasteiger partial charge on any atom is -0.417 e. The lowest BCUT2D eigenvalue weighted by atomic mass is 10.0. The topological polar surface area (TPSA) is 9.23 Å². The average molecular weight is 353 g/mol. The molecule has 0 radical (unpaired) electrons. The molecule has 1 unspecified atom stereocenters. The van der Waals surface area contributed by atoms with Crippen molar-refractivity contribution < 1.29 is 4.43 Å². The molecule has 1 atom stereocenters. The number of rotatable bonds is 12. The molecule has 0 aromatic heterocycles. The molecule has 1 nitrogen and oxygen atoms in total. The van der Waals surface area contributed by atoms with Gasteiger partial charge in [0.15, 0.2) is 8.32 Å². The maximum Gasteiger partial charge on any atom is 0.195 e. The van der Waals surface area contributed by atoms with Gasteiger partial charge in [-0.2, -0.15) is 0 Å². The van der Waals surface area contributed by atoms with Crippen molar-refractivity contribution in [2.45, 2.75) is 134 Å². The largest absolute Gasteiger partial charge is 0.417 e. The minimum atomic E-state index is -1.37. The zero-order chi connectivity index (χ0) is 16.9. The van der Waals surface area contributed by atoms with Gasteiger partial charge in [-0.3, -0.25) is 0 Å². The van der Waals surface area contributed by atoms with E-state index in [-0.39, 0.29) is 0 Å². The van der Waals surface area contributed by atoms with Crippen LogP contribution in [0.3, 0.4) is 0 Å². The van der Waals surface area contributed by atoms with Crippen LogP contribution in [-0.4, -0.2) is 14.9 Å². The van der Waals surface area contributed by atoms with Gasteiger partial charge in [-0.25, -0.2) is 0 Å². The second kappa shape index (κ2) is 12.5. The second-order valence-corrected chi connectivity index (χ2v) is 12.9. The van der Waals surface area contributed by atoms with Crippen molar-refractivity contribution in [1.82, 2.24) is 0 Å². The maximum atomic E-state index is 6.63. The summed E-state index contributed by atoms with van der Waals surface area (Å²) in [6.07, 6.45) is 24.9. The Morgan fingerprint density at radius 3 is 1.92 bits per heavy atom. The van der Waals surface area contributed by atoms with Crippen LogP contribution in [0.1, 0.15) is 116 Å². The minimum absolute atomic E-state index is 1.02. The second-order valence-electron chi connectivity index (χ2n) is 8.64. The monoisotopic (exact) mass is 352 g/mol. The van der Waals surface area contributed by atoms with E-state index in [2.05, 4.69) is 6.92 Å². The molecule has 2 rings (SSSR count). The van der Waals surface area contributed by atoms with E-state index < -0.39 is 8.32 Å². The summed E-state index contributed by atoms with van der Waals surface area (Å²) in [6, 6.07) is 2.99. The van der Waals surface area contributed by atoms with E-state index in [1.54, 1.807) is 0 Å². The summed E-state index contributed by atoms with van der Waals surface area (Å²) >= 11 is 0. The Kier molecular flexibility index (Phi) is 10.7. The molecule has 0 bridgehead atoms. The third-order valence-electron chi connectivity index (χ3n) is 6.69. The Balaban J connectivity index is 1.57. The van der Waals surface area contributed by atoms with Crippen LogP contribution in [-0.2, 0) is 4.43 Å². The van der Waals surface area contributed by atoms with Gasteiger partial charge in [0.25, 0.3) is 0 Å². The standard InChI is InChI=1S/C22H44OSi/c1-2-3-4-5-6-7-8-9-10-15-20-24(21-16-14-19-23-24)22-17-12-11-13-18-22/h22H,2-21H2,1H3. The van der Waals surface area contributed by atoms with Crippen molar-refractivity contribution in [1.29, 1.82) is 0 Å². The van der Waals surface area contributed by atoms with Crippen molar-refractivity contribution in [3.05, 3.63) is 0 Å². The summed E-state index contributed by atoms with van der Waals surface area (Å²) in [7, 11) is -1.37. The molecule has 2 heteroatoms. The summed E-state index contributed by atoms with van der Waals surface area (Å²) in [5.41, 5.74) is 1.02. The summed E-state index contributed by atoms with van der Waals surface area (Å²) in [5, 5.41) is 0. The average Bonchev–Trinajstić information content (AvgIpc) is 2.65. The zero-order valence-corrected chi connectivity index (χ0v) is 17.6. The Morgan fingerprint density at radius 1 is 0.708 bits per heavy atom. The highest BCUT2D eigenvalue weighted by Gasteiger charge is 2.43. The Labute approximate surface area is 153 Å². The summed E-state index contributed by atoms with van der Waals surface area (Å²) in [4.78, 5) is 0. The van der Waals surface area contributed by atoms with Crippen LogP contribution < -0.4 is 0 Å². The van der Waals surface area contributed by atoms with Crippen LogP contribution in [0.4, 0.5) is 0 Å². The number of hydrogen-bond acceptors (Lipinski definition) is 1. The molecule has 0 spiro atoms. The van der Waals surface area contributed by atoms with E-state index in [1.165, 1.54) is 121 Å². The van der Waals surface area contributed by atoms with Gasteiger partial charge in [-0.05, 0) is 24.1 Å². The Hall–Kier alpha value is 0.177. The van der Waals surface area contributed by atoms with Crippen LogP contribution in [0, 0.1) is 0 Å². The first-order valence-electron chi connectivity index (χ1n) is 11.5. The van der Waals surface area contributed by atoms with Gasteiger partial charge in [0, 0.05) is 6.61 Å². The van der Waals surface area contributed by atoms with Crippen molar-refractivity contribution >= 4 is 8.32 Å². The van der Waals surface area contributed by atoms with Gasteiger partial charge in [-0.15, -0.1) is 0 Å². The molecule has 1 saturated heterocycles. The lowest BCUT2D eigenvalue weighted by molar-refractivity contribution is 0.246. The molecule has 24 heavy (non-hydrogen) atoms. The smallest absolute Gasteiger partial charge is 0.195 e. The molecule has 1 heterocycles. The molecule has 2 fully saturated rings. The summed E-state index contributed by atoms with van der Waals surface area (Å²) in [5.74, 6) is 0. The molecule has 0 N–H and O–H groups in total. The molecule has 0 amide bonds. The van der Waals surface area contributed by atoms with Gasteiger partial charge in [0.2, 0.25) is 0 Å². The van der Waals surface area contributed by atoms with Crippen molar-refractivity contribution in [3.8, 4) is 0 Å². The summed E-state index contributed by atoms with van der Waals surface area (Å²) in [6.45, 7) is 3.40. The normalized spacial score (nSPS) is 25.9. The summed E-state index contributed by atoms with van der Waals surface area (Å²) < 4.78 is 6.63. The van der Waals surface area contributed by atoms with Gasteiger partial charge in [-0.1, -0.05) is 110 Å². The number of hydrogen-bond donors (Lipinski definition) is 0. The fourth-order valence-electron chi connectivity index (χ4n) is 5.14. The molecule has 142 valence electrons. The quantitative estimate of drug-likeness (QED) is 0.255. The molecule has 1 saturated carbocycles. The van der Waals surface area contributed by atoms with Crippen LogP contribution in [0.2, 0.25) is 17.6 Å². The SMILES string of the molecule is CCCCCCCCCCCC[Si]1(C2CCCCC2)CCCCO1. The van der Waals surface area contributed by atoms with E-state index >= 15 is 0 Å². The van der Waals surface area contributed by atoms with Crippen molar-refractivity contribution in [2.24, 2.45) is 0 Å².